The zero-order valence-electron chi connectivity index (χ0n) is 11.0. The predicted octanol–water partition coefficient (Wildman–Crippen LogP) is 1.15. The highest BCUT2D eigenvalue weighted by atomic mass is 32.2. The van der Waals surface area contributed by atoms with Gasteiger partial charge >= 0.3 is 0 Å². The van der Waals surface area contributed by atoms with Crippen molar-refractivity contribution in [1.29, 1.82) is 0 Å². The van der Waals surface area contributed by atoms with Crippen molar-refractivity contribution in [2.24, 2.45) is 0 Å². The van der Waals surface area contributed by atoms with Crippen LogP contribution in [0.25, 0.3) is 0 Å². The van der Waals surface area contributed by atoms with Crippen LogP contribution in [0.15, 0.2) is 18.2 Å². The fourth-order valence-electron chi connectivity index (χ4n) is 1.43. The summed E-state index contributed by atoms with van der Waals surface area (Å²) in [6.07, 6.45) is 1.68. The van der Waals surface area contributed by atoms with Crippen LogP contribution in [0, 0.1) is 0 Å². The standard InChI is InChI=1S/C12H20N2O3S/c1-14(2)10-5-6-11(13)12(9-10)17-7-4-8-18(3,15)16/h5-6,9H,4,7-8,13H2,1-3H3. The van der Waals surface area contributed by atoms with Gasteiger partial charge in [-0.3, -0.25) is 0 Å². The van der Waals surface area contributed by atoms with Gasteiger partial charge in [-0.15, -0.1) is 0 Å². The molecule has 1 rings (SSSR count). The fourth-order valence-corrected chi connectivity index (χ4v) is 2.07. The summed E-state index contributed by atoms with van der Waals surface area (Å²) in [5, 5.41) is 0. The average molecular weight is 272 g/mol. The van der Waals surface area contributed by atoms with E-state index in [-0.39, 0.29) is 5.75 Å². The van der Waals surface area contributed by atoms with Crippen molar-refractivity contribution in [2.45, 2.75) is 6.42 Å². The van der Waals surface area contributed by atoms with Gasteiger partial charge in [0.2, 0.25) is 0 Å². The minimum atomic E-state index is -2.93. The van der Waals surface area contributed by atoms with E-state index in [1.54, 1.807) is 6.07 Å². The third kappa shape index (κ3) is 4.83. The molecular weight excluding hydrogens is 252 g/mol. The van der Waals surface area contributed by atoms with E-state index in [0.29, 0.717) is 24.5 Å². The van der Waals surface area contributed by atoms with Gasteiger partial charge in [0.15, 0.2) is 0 Å². The molecule has 0 bridgehead atoms. The predicted molar refractivity (Wildman–Crippen MR) is 75.0 cm³/mol. The molecule has 0 heterocycles. The Balaban J connectivity index is 2.59. The summed E-state index contributed by atoms with van der Waals surface area (Å²) < 4.78 is 27.4. The lowest BCUT2D eigenvalue weighted by Gasteiger charge is -2.15. The molecule has 6 heteroatoms. The Kier molecular flexibility index (Phi) is 4.84. The van der Waals surface area contributed by atoms with Crippen molar-refractivity contribution in [2.75, 3.05) is 43.3 Å². The maximum absolute atomic E-state index is 11.0. The molecule has 0 spiro atoms. The summed E-state index contributed by atoms with van der Waals surface area (Å²) in [5.74, 6) is 0.718. The second kappa shape index (κ2) is 5.95. The van der Waals surface area contributed by atoms with Crippen molar-refractivity contribution in [3.8, 4) is 5.75 Å². The highest BCUT2D eigenvalue weighted by Crippen LogP contribution is 2.26. The second-order valence-electron chi connectivity index (χ2n) is 4.45. The minimum absolute atomic E-state index is 0.125. The van der Waals surface area contributed by atoms with Gasteiger partial charge in [0.05, 0.1) is 18.0 Å². The molecule has 0 unspecified atom stereocenters. The monoisotopic (exact) mass is 272 g/mol. The van der Waals surface area contributed by atoms with Gasteiger partial charge < -0.3 is 15.4 Å². The molecule has 18 heavy (non-hydrogen) atoms. The smallest absolute Gasteiger partial charge is 0.147 e. The molecular formula is C12H20N2O3S. The van der Waals surface area contributed by atoms with E-state index in [4.69, 9.17) is 10.5 Å². The molecule has 0 fully saturated rings. The number of anilines is 2. The third-order valence-corrected chi connectivity index (χ3v) is 3.46. The van der Waals surface area contributed by atoms with Crippen LogP contribution in [0.3, 0.4) is 0 Å². The van der Waals surface area contributed by atoms with Crippen LogP contribution in [0.1, 0.15) is 6.42 Å². The maximum Gasteiger partial charge on any atom is 0.147 e. The molecule has 0 aliphatic carbocycles. The Morgan fingerprint density at radius 3 is 2.56 bits per heavy atom. The lowest BCUT2D eigenvalue weighted by atomic mass is 10.2. The first kappa shape index (κ1) is 14.6. The first-order chi connectivity index (χ1) is 8.29. The summed E-state index contributed by atoms with van der Waals surface area (Å²) >= 11 is 0. The summed E-state index contributed by atoms with van der Waals surface area (Å²) in [6.45, 7) is 0.341. The van der Waals surface area contributed by atoms with E-state index < -0.39 is 9.84 Å². The van der Waals surface area contributed by atoms with Crippen molar-refractivity contribution in [3.05, 3.63) is 18.2 Å². The van der Waals surface area contributed by atoms with E-state index in [9.17, 15) is 8.42 Å². The molecule has 0 radical (unpaired) electrons. The number of nitrogens with zero attached hydrogens (tertiary/aromatic N) is 1. The molecule has 5 nitrogen and oxygen atoms in total. The molecule has 0 amide bonds. The second-order valence-corrected chi connectivity index (χ2v) is 6.71. The average Bonchev–Trinajstić information content (AvgIpc) is 2.24. The molecule has 1 aromatic carbocycles. The van der Waals surface area contributed by atoms with Crippen LogP contribution >= 0.6 is 0 Å². The Morgan fingerprint density at radius 1 is 1.33 bits per heavy atom. The summed E-state index contributed by atoms with van der Waals surface area (Å²) in [6, 6.07) is 5.52. The first-order valence-electron chi connectivity index (χ1n) is 5.67. The lowest BCUT2D eigenvalue weighted by Crippen LogP contribution is -2.11. The number of rotatable bonds is 6. The molecule has 0 aliphatic rings. The number of benzene rings is 1. The van der Waals surface area contributed by atoms with Crippen LogP contribution in [0.2, 0.25) is 0 Å². The van der Waals surface area contributed by atoms with E-state index in [1.807, 2.05) is 31.1 Å². The zero-order valence-corrected chi connectivity index (χ0v) is 11.8. The van der Waals surface area contributed by atoms with Gasteiger partial charge in [-0.05, 0) is 18.6 Å². The quantitative estimate of drug-likeness (QED) is 0.621. The van der Waals surface area contributed by atoms with Crippen LogP contribution in [0.5, 0.6) is 5.75 Å². The zero-order chi connectivity index (χ0) is 13.8. The van der Waals surface area contributed by atoms with Crippen LogP contribution < -0.4 is 15.4 Å². The van der Waals surface area contributed by atoms with Gasteiger partial charge in [-0.1, -0.05) is 0 Å². The molecule has 102 valence electrons. The van der Waals surface area contributed by atoms with Crippen molar-refractivity contribution in [3.63, 3.8) is 0 Å². The highest BCUT2D eigenvalue weighted by Gasteiger charge is 2.05. The van der Waals surface area contributed by atoms with E-state index in [1.165, 1.54) is 6.26 Å². The van der Waals surface area contributed by atoms with E-state index in [2.05, 4.69) is 0 Å². The van der Waals surface area contributed by atoms with E-state index >= 15 is 0 Å². The Bertz CT molecular complexity index is 498. The van der Waals surface area contributed by atoms with Crippen LogP contribution in [0.4, 0.5) is 11.4 Å². The Morgan fingerprint density at radius 2 is 2.00 bits per heavy atom. The Hall–Kier alpha value is -1.43. The van der Waals surface area contributed by atoms with Gasteiger partial charge in [-0.2, -0.15) is 0 Å². The summed E-state index contributed by atoms with van der Waals surface area (Å²) in [5.41, 5.74) is 7.34. The molecule has 0 saturated heterocycles. The normalized spacial score (nSPS) is 11.3. The lowest BCUT2D eigenvalue weighted by molar-refractivity contribution is 0.319. The van der Waals surface area contributed by atoms with Gasteiger partial charge in [-0.25, -0.2) is 8.42 Å². The SMILES string of the molecule is CN(C)c1ccc(N)c(OCCCS(C)(=O)=O)c1. The van der Waals surface area contributed by atoms with Crippen molar-refractivity contribution in [1.82, 2.24) is 0 Å². The molecule has 0 aliphatic heterocycles. The summed E-state index contributed by atoms with van der Waals surface area (Å²) in [7, 11) is 0.929. The number of nitrogens with two attached hydrogens (primary N) is 1. The fraction of sp³-hybridized carbons (Fsp3) is 0.500. The topological polar surface area (TPSA) is 72.6 Å². The van der Waals surface area contributed by atoms with E-state index in [0.717, 1.165) is 5.69 Å². The molecule has 2 N–H and O–H groups in total. The van der Waals surface area contributed by atoms with Crippen molar-refractivity contribution < 1.29 is 13.2 Å². The number of sulfone groups is 1. The van der Waals surface area contributed by atoms with Crippen molar-refractivity contribution >= 4 is 21.2 Å². The largest absolute Gasteiger partial charge is 0.491 e. The number of hydrogen-bond acceptors (Lipinski definition) is 5. The van der Waals surface area contributed by atoms with Gasteiger partial charge in [0, 0.05) is 32.1 Å². The third-order valence-electron chi connectivity index (χ3n) is 2.43. The minimum Gasteiger partial charge on any atom is -0.491 e. The van der Waals surface area contributed by atoms with Crippen LogP contribution in [-0.2, 0) is 9.84 Å². The molecule has 0 aromatic heterocycles. The number of hydrogen-bond donors (Lipinski definition) is 1. The maximum atomic E-state index is 11.0. The first-order valence-corrected chi connectivity index (χ1v) is 7.73. The molecule has 1 aromatic rings. The highest BCUT2D eigenvalue weighted by molar-refractivity contribution is 7.90. The van der Waals surface area contributed by atoms with Gasteiger partial charge in [0.1, 0.15) is 15.6 Å². The summed E-state index contributed by atoms with van der Waals surface area (Å²) in [4.78, 5) is 1.95. The Labute approximate surface area is 108 Å². The van der Waals surface area contributed by atoms with Crippen LogP contribution in [-0.4, -0.2) is 41.1 Å². The number of ether oxygens (including phenoxy) is 1. The molecule has 0 atom stereocenters. The number of nitrogen functional groups attached to an aromatic ring is 1. The van der Waals surface area contributed by atoms with Gasteiger partial charge in [0.25, 0.3) is 0 Å². The molecule has 0 saturated carbocycles.